The zero-order chi connectivity index (χ0) is 26.9. The number of aliphatic hydroxyl groups excluding tert-OH is 1. The Morgan fingerprint density at radius 3 is 2.71 bits per heavy atom. The van der Waals surface area contributed by atoms with Crippen LogP contribution in [0.5, 0.6) is 0 Å². The van der Waals surface area contributed by atoms with Gasteiger partial charge in [-0.05, 0) is 73.6 Å². The van der Waals surface area contributed by atoms with E-state index >= 15 is 0 Å². The van der Waals surface area contributed by atoms with Crippen LogP contribution in [0.15, 0.2) is 12.5 Å². The highest BCUT2D eigenvalue weighted by atomic mass is 32.1. The molecule has 2 aliphatic rings. The molecule has 2 N–H and O–H groups in total. The number of aryl methyl sites for hydroxylation is 2. The predicted octanol–water partition coefficient (Wildman–Crippen LogP) is 4.62. The van der Waals surface area contributed by atoms with Gasteiger partial charge in [0, 0.05) is 48.2 Å². The van der Waals surface area contributed by atoms with E-state index in [-0.39, 0.29) is 12.5 Å². The van der Waals surface area contributed by atoms with Crippen molar-refractivity contribution in [2.45, 2.75) is 65.3 Å². The van der Waals surface area contributed by atoms with Gasteiger partial charge in [-0.2, -0.15) is 5.10 Å². The van der Waals surface area contributed by atoms with E-state index in [0.717, 1.165) is 24.2 Å². The number of fused-ring (bicyclic) bond motifs is 4. The molecule has 0 aromatic carbocycles. The Balaban J connectivity index is 1.32. The molecule has 4 aromatic rings. The third kappa shape index (κ3) is 3.89. The lowest BCUT2D eigenvalue weighted by Gasteiger charge is -2.32. The molecule has 0 radical (unpaired) electrons. The number of piperidine rings is 1. The van der Waals surface area contributed by atoms with E-state index in [1.165, 1.54) is 49.5 Å². The summed E-state index contributed by atoms with van der Waals surface area (Å²) in [7, 11) is 1.78. The molecule has 2 fully saturated rings. The van der Waals surface area contributed by atoms with Crippen molar-refractivity contribution in [3.05, 3.63) is 39.7 Å². The fourth-order valence-electron chi connectivity index (χ4n) is 6.98. The van der Waals surface area contributed by atoms with Crippen molar-refractivity contribution in [3.63, 3.8) is 0 Å². The van der Waals surface area contributed by atoms with Gasteiger partial charge in [0.05, 0.1) is 18.8 Å². The quantitative estimate of drug-likeness (QED) is 0.361. The number of rotatable bonds is 7. The van der Waals surface area contributed by atoms with Crippen LogP contribution in [0.25, 0.3) is 27.1 Å². The van der Waals surface area contributed by atoms with Crippen LogP contribution in [0.3, 0.4) is 0 Å². The van der Waals surface area contributed by atoms with Crippen molar-refractivity contribution >= 4 is 33.1 Å². The van der Waals surface area contributed by atoms with E-state index in [1.807, 2.05) is 15.9 Å². The normalized spacial score (nSPS) is 21.5. The molecule has 1 saturated carbocycles. The summed E-state index contributed by atoms with van der Waals surface area (Å²) in [6.07, 6.45) is 6.03. The molecular formula is C29H38N6O2S. The molecule has 38 heavy (non-hydrogen) atoms. The first-order valence-electron chi connectivity index (χ1n) is 13.7. The Bertz CT molecular complexity index is 1530. The van der Waals surface area contributed by atoms with E-state index in [0.29, 0.717) is 36.9 Å². The number of nitrogens with one attached hydrogen (secondary N) is 1. The van der Waals surface area contributed by atoms with E-state index in [4.69, 9.17) is 5.11 Å². The van der Waals surface area contributed by atoms with Crippen molar-refractivity contribution < 1.29 is 9.90 Å². The summed E-state index contributed by atoms with van der Waals surface area (Å²) in [5, 5.41) is 15.0. The van der Waals surface area contributed by atoms with E-state index in [9.17, 15) is 4.79 Å². The average Bonchev–Trinajstić information content (AvgIpc) is 3.68. The van der Waals surface area contributed by atoms with Gasteiger partial charge in [0.15, 0.2) is 5.65 Å². The highest BCUT2D eigenvalue weighted by Crippen LogP contribution is 2.53. The first-order valence-corrected chi connectivity index (χ1v) is 14.5. The number of aliphatic hydroxyl groups is 1. The van der Waals surface area contributed by atoms with Gasteiger partial charge in [0.25, 0.3) is 0 Å². The molecule has 1 aliphatic heterocycles. The number of likely N-dealkylation sites (N-methyl/N-ethyl adjacent to an activating group) is 1. The summed E-state index contributed by atoms with van der Waals surface area (Å²) in [6.45, 7) is 13.1. The number of hydrogen-bond acceptors (Lipinski definition) is 6. The highest BCUT2D eigenvalue weighted by molar-refractivity contribution is 7.19. The minimum atomic E-state index is 0.00941. The Morgan fingerprint density at radius 2 is 2.03 bits per heavy atom. The summed E-state index contributed by atoms with van der Waals surface area (Å²) in [5.74, 6) is 1.64. The molecule has 1 aliphatic carbocycles. The lowest BCUT2D eigenvalue weighted by molar-refractivity contribution is -0.132. The number of pyridine rings is 1. The first kappa shape index (κ1) is 25.5. The summed E-state index contributed by atoms with van der Waals surface area (Å²) >= 11 is 1.94. The maximum absolute atomic E-state index is 12.6. The van der Waals surface area contributed by atoms with Crippen LogP contribution in [0.4, 0.5) is 0 Å². The maximum Gasteiger partial charge on any atom is 0.236 e. The van der Waals surface area contributed by atoms with Crippen LogP contribution in [0.1, 0.15) is 65.7 Å². The van der Waals surface area contributed by atoms with Crippen LogP contribution in [-0.4, -0.2) is 79.7 Å². The molecule has 8 nitrogen and oxygen atoms in total. The number of aromatic amines is 1. The maximum atomic E-state index is 12.6. The van der Waals surface area contributed by atoms with Crippen LogP contribution < -0.4 is 0 Å². The predicted molar refractivity (Wildman–Crippen MR) is 152 cm³/mol. The zero-order valence-corrected chi connectivity index (χ0v) is 24.0. The van der Waals surface area contributed by atoms with E-state index in [2.05, 4.69) is 60.8 Å². The number of aromatic nitrogens is 4. The Hall–Kier alpha value is -2.75. The largest absolute Gasteiger partial charge is 0.395 e. The van der Waals surface area contributed by atoms with Gasteiger partial charge in [0.2, 0.25) is 5.91 Å². The van der Waals surface area contributed by atoms with Crippen LogP contribution >= 0.6 is 11.3 Å². The first-order chi connectivity index (χ1) is 18.2. The van der Waals surface area contributed by atoms with Gasteiger partial charge in [-0.3, -0.25) is 9.69 Å². The Morgan fingerprint density at radius 1 is 1.24 bits per heavy atom. The number of hydrogen-bond donors (Lipinski definition) is 2. The van der Waals surface area contributed by atoms with Crippen LogP contribution in [0, 0.1) is 26.7 Å². The SMILES string of the molecule is Cc1c(-c2[nH]c3sc([C@@H]4C[C@@H]5C[C@H]4CN5CC(=O)N(C)CCO)c(C)c3c2C(C)C)cn2ncnc2c1C. The minimum absolute atomic E-state index is 0.00941. The van der Waals surface area contributed by atoms with E-state index < -0.39 is 0 Å². The number of H-pyrrole nitrogens is 1. The molecule has 1 saturated heterocycles. The molecular weight excluding hydrogens is 496 g/mol. The lowest BCUT2D eigenvalue weighted by atomic mass is 9.88. The summed E-state index contributed by atoms with van der Waals surface area (Å²) < 4.78 is 1.89. The van der Waals surface area contributed by atoms with Gasteiger partial charge >= 0.3 is 0 Å². The van der Waals surface area contributed by atoms with Gasteiger partial charge < -0.3 is 15.0 Å². The molecule has 202 valence electrons. The third-order valence-electron chi connectivity index (χ3n) is 9.13. The van der Waals surface area contributed by atoms with Crippen molar-refractivity contribution in [2.24, 2.45) is 5.92 Å². The highest BCUT2D eigenvalue weighted by Gasteiger charge is 2.46. The standard InChI is InChI=1S/C29H38N6O2S/c1-15(2)24-25-18(5)27(21-10-20-9-19(21)11-34(20)13-23(37)33(6)7-8-36)38-29(25)32-26(24)22-12-35-28(30-14-31-35)17(4)16(22)3/h12,14-15,19-21,32,36H,7-11,13H2,1-6H3/t19-,20-,21+/m0/s1. The number of amides is 1. The Labute approximate surface area is 227 Å². The topological polar surface area (TPSA) is 89.8 Å². The van der Waals surface area contributed by atoms with Gasteiger partial charge in [-0.15, -0.1) is 11.3 Å². The number of nitrogens with zero attached hydrogens (tertiary/aromatic N) is 5. The second-order valence-corrected chi connectivity index (χ2v) is 12.7. The zero-order valence-electron chi connectivity index (χ0n) is 23.2. The van der Waals surface area contributed by atoms with Crippen molar-refractivity contribution in [1.82, 2.24) is 29.4 Å². The van der Waals surface area contributed by atoms with Crippen molar-refractivity contribution in [1.29, 1.82) is 0 Å². The molecule has 4 aromatic heterocycles. The number of carbonyl (C=O) groups excluding carboxylic acids is 1. The van der Waals surface area contributed by atoms with Gasteiger partial charge in [-0.25, -0.2) is 9.50 Å². The fourth-order valence-corrected chi connectivity index (χ4v) is 8.41. The molecule has 6 rings (SSSR count). The van der Waals surface area contributed by atoms with Gasteiger partial charge in [-0.1, -0.05) is 13.8 Å². The molecule has 0 spiro atoms. The lowest BCUT2D eigenvalue weighted by Crippen LogP contribution is -2.43. The summed E-state index contributed by atoms with van der Waals surface area (Å²) in [4.78, 5) is 27.7. The summed E-state index contributed by atoms with van der Waals surface area (Å²) in [5.41, 5.74) is 8.54. The molecule has 2 bridgehead atoms. The second-order valence-electron chi connectivity index (χ2n) is 11.6. The molecule has 9 heteroatoms. The van der Waals surface area contributed by atoms with E-state index in [1.54, 1.807) is 18.3 Å². The van der Waals surface area contributed by atoms with Crippen LogP contribution in [-0.2, 0) is 4.79 Å². The third-order valence-corrected chi connectivity index (χ3v) is 10.5. The van der Waals surface area contributed by atoms with Crippen molar-refractivity contribution in [3.8, 4) is 11.3 Å². The summed E-state index contributed by atoms with van der Waals surface area (Å²) in [6, 6.07) is 0.469. The van der Waals surface area contributed by atoms with Gasteiger partial charge in [0.1, 0.15) is 11.2 Å². The number of thiophene rings is 1. The fraction of sp³-hybridized carbons (Fsp3) is 0.552. The monoisotopic (exact) mass is 534 g/mol. The number of likely N-dealkylation sites (tertiary alicyclic amines) is 1. The van der Waals surface area contributed by atoms with Crippen molar-refractivity contribution in [2.75, 3.05) is 33.3 Å². The average molecular weight is 535 g/mol. The minimum Gasteiger partial charge on any atom is -0.395 e. The number of carbonyl (C=O) groups is 1. The Kier molecular flexibility index (Phi) is 6.36. The second kappa shape index (κ2) is 9.47. The smallest absolute Gasteiger partial charge is 0.236 e. The molecule has 5 heterocycles. The molecule has 0 unspecified atom stereocenters. The van der Waals surface area contributed by atoms with Crippen LogP contribution in [0.2, 0.25) is 0 Å². The molecule has 3 atom stereocenters. The molecule has 1 amide bonds.